The number of benzene rings is 2. The van der Waals surface area contributed by atoms with Crippen molar-refractivity contribution in [2.45, 2.75) is 83.9 Å². The molecule has 0 fully saturated rings. The van der Waals surface area contributed by atoms with Crippen LogP contribution in [0.2, 0.25) is 0 Å². The molecule has 3 aromatic heterocycles. The predicted octanol–water partition coefficient (Wildman–Crippen LogP) is 9.04. The molecule has 47 heavy (non-hydrogen) atoms. The first-order valence-electron chi connectivity index (χ1n) is 16.6. The molecule has 1 aliphatic carbocycles. The summed E-state index contributed by atoms with van der Waals surface area (Å²) in [5, 5.41) is 6.53. The summed E-state index contributed by atoms with van der Waals surface area (Å²) in [6.45, 7) is 10.5. The van der Waals surface area contributed by atoms with Gasteiger partial charge in [-0.05, 0) is 47.6 Å². The third kappa shape index (κ3) is 4.50. The monoisotopic (exact) mass is 640 g/mol. The predicted molar refractivity (Wildman–Crippen MR) is 176 cm³/mol. The van der Waals surface area contributed by atoms with Crippen LogP contribution in [0.1, 0.15) is 88.2 Å². The Morgan fingerprint density at radius 1 is 0.936 bits per heavy atom. The van der Waals surface area contributed by atoms with Crippen molar-refractivity contribution in [2.75, 3.05) is 0 Å². The van der Waals surface area contributed by atoms with Crippen LogP contribution in [0, 0.1) is 5.82 Å². The molecule has 4 heterocycles. The van der Waals surface area contributed by atoms with Crippen LogP contribution in [-0.2, 0) is 30.6 Å². The fourth-order valence-corrected chi connectivity index (χ4v) is 8.00. The number of hydrogen-bond acceptors (Lipinski definition) is 1. The molecule has 5 aromatic rings. The smallest absolute Gasteiger partial charge is 0.226 e. The first-order valence-corrected chi connectivity index (χ1v) is 16.6. The van der Waals surface area contributed by atoms with Crippen LogP contribution in [0.5, 0.6) is 0 Å². The summed E-state index contributed by atoms with van der Waals surface area (Å²) in [7, 11) is 1.81. The maximum Gasteiger partial charge on any atom is 0.435 e. The van der Waals surface area contributed by atoms with E-state index in [4.69, 9.17) is 0 Å². The van der Waals surface area contributed by atoms with Gasteiger partial charge in [0, 0.05) is 59.7 Å². The Labute approximate surface area is 273 Å². The van der Waals surface area contributed by atoms with Gasteiger partial charge >= 0.3 is 6.18 Å². The van der Waals surface area contributed by atoms with Crippen molar-refractivity contribution >= 4 is 16.5 Å². The highest BCUT2D eigenvalue weighted by Crippen LogP contribution is 2.53. The number of alkyl halides is 3. The third-order valence-electron chi connectivity index (χ3n) is 10.6. The molecule has 0 spiro atoms. The lowest BCUT2D eigenvalue weighted by molar-refractivity contribution is -0.742. The van der Waals surface area contributed by atoms with E-state index in [9.17, 15) is 13.2 Å². The Balaban J connectivity index is 1.66. The van der Waals surface area contributed by atoms with Gasteiger partial charge in [-0.3, -0.25) is 0 Å². The number of nitrogens with zero attached hydrogens (tertiary/aromatic N) is 4. The number of allylic oxidation sites excluding steroid dienone is 1. The number of pyridine rings is 2. The molecule has 4 nitrogen and oxygen atoms in total. The number of hydrogen-bond donors (Lipinski definition) is 0. The van der Waals surface area contributed by atoms with Gasteiger partial charge in [0.15, 0.2) is 23.6 Å². The van der Waals surface area contributed by atoms with Crippen LogP contribution in [0.4, 0.5) is 17.6 Å². The zero-order valence-electron chi connectivity index (χ0n) is 27.8. The summed E-state index contributed by atoms with van der Waals surface area (Å²) in [4.78, 5) is 0. The number of rotatable bonds is 7. The molecule has 7 rings (SSSR count). The highest BCUT2D eigenvalue weighted by molar-refractivity contribution is 6.04. The minimum Gasteiger partial charge on any atom is -0.226 e. The normalized spacial score (nSPS) is 15.9. The average Bonchev–Trinajstić information content (AvgIpc) is 3.45. The van der Waals surface area contributed by atoms with Gasteiger partial charge < -0.3 is 0 Å². The van der Waals surface area contributed by atoms with E-state index in [-0.39, 0.29) is 5.82 Å². The lowest BCUT2D eigenvalue weighted by atomic mass is 9.67. The summed E-state index contributed by atoms with van der Waals surface area (Å²) < 4.78 is 65.1. The molecule has 242 valence electrons. The van der Waals surface area contributed by atoms with E-state index in [0.717, 1.165) is 52.9 Å². The molecular formula is C39H40F4N4+2. The van der Waals surface area contributed by atoms with Gasteiger partial charge in [-0.15, -0.1) is 0 Å². The van der Waals surface area contributed by atoms with Crippen LogP contribution in [0.3, 0.4) is 0 Å². The number of halogens is 4. The second-order valence-corrected chi connectivity index (χ2v) is 13.5. The second kappa shape index (κ2) is 10.9. The van der Waals surface area contributed by atoms with Gasteiger partial charge in [0.05, 0.1) is 16.6 Å². The Morgan fingerprint density at radius 3 is 2.38 bits per heavy atom. The first-order chi connectivity index (χ1) is 22.4. The van der Waals surface area contributed by atoms with Gasteiger partial charge in [-0.1, -0.05) is 53.2 Å². The molecule has 0 N–H and O–H groups in total. The zero-order valence-corrected chi connectivity index (χ0v) is 27.8. The summed E-state index contributed by atoms with van der Waals surface area (Å²) in [5.74, 6) is -0.330. The standard InChI is InChI=1S/C39H40F4N4/c1-7-10-13-24-15-17-27-33-25(24)19-21-46-36(33)34-26(16-18-28(40)35(34)37(27,4)5)31(23-38(46,8-2)9-3)47-30(22-32(44-47)39(41,42)43)29-14-11-12-20-45(29)6/h11-12,14-23H,7-10,13H2,1-6H3/q+2. The van der Waals surface area contributed by atoms with E-state index < -0.39 is 22.8 Å². The van der Waals surface area contributed by atoms with Crippen molar-refractivity contribution in [3.8, 4) is 22.6 Å². The Morgan fingerprint density at radius 2 is 1.70 bits per heavy atom. The summed E-state index contributed by atoms with van der Waals surface area (Å²) in [6, 6.07) is 16.3. The Bertz CT molecular complexity index is 2100. The highest BCUT2D eigenvalue weighted by Gasteiger charge is 2.49. The largest absolute Gasteiger partial charge is 0.435 e. The van der Waals surface area contributed by atoms with Crippen LogP contribution < -0.4 is 9.13 Å². The number of unbranched alkanes of at least 4 members (excludes halogenated alkanes) is 1. The molecule has 2 aromatic carbocycles. The quantitative estimate of drug-likeness (QED) is 0.129. The van der Waals surface area contributed by atoms with Gasteiger partial charge in [0.1, 0.15) is 18.6 Å². The molecule has 2 aliphatic rings. The molecule has 0 unspecified atom stereocenters. The van der Waals surface area contributed by atoms with Gasteiger partial charge in [-0.25, -0.2) is 9.07 Å². The molecule has 0 bridgehead atoms. The topological polar surface area (TPSA) is 25.6 Å². The van der Waals surface area contributed by atoms with E-state index in [1.165, 1.54) is 16.3 Å². The molecule has 0 atom stereocenters. The number of aryl methyl sites for hydroxylation is 2. The summed E-state index contributed by atoms with van der Waals surface area (Å²) >= 11 is 0. The summed E-state index contributed by atoms with van der Waals surface area (Å²) in [6.07, 6.45) is 5.72. The van der Waals surface area contributed by atoms with Crippen molar-refractivity contribution < 1.29 is 26.7 Å². The molecule has 0 saturated heterocycles. The van der Waals surface area contributed by atoms with Gasteiger partial charge in [-0.2, -0.15) is 27.4 Å². The van der Waals surface area contributed by atoms with Crippen molar-refractivity contribution in [3.63, 3.8) is 0 Å². The molecule has 8 heteroatoms. The zero-order chi connectivity index (χ0) is 33.5. The van der Waals surface area contributed by atoms with Crippen molar-refractivity contribution in [2.24, 2.45) is 7.05 Å². The van der Waals surface area contributed by atoms with Crippen molar-refractivity contribution in [1.82, 2.24) is 9.78 Å². The van der Waals surface area contributed by atoms with E-state index in [1.807, 2.05) is 25.4 Å². The second-order valence-electron chi connectivity index (χ2n) is 13.5. The highest BCUT2D eigenvalue weighted by atomic mass is 19.4. The van der Waals surface area contributed by atoms with E-state index in [1.54, 1.807) is 16.7 Å². The van der Waals surface area contributed by atoms with Gasteiger partial charge in [0.2, 0.25) is 11.4 Å². The van der Waals surface area contributed by atoms with Crippen LogP contribution in [-0.4, -0.2) is 9.78 Å². The Kier molecular flexibility index (Phi) is 7.23. The third-order valence-corrected chi connectivity index (χ3v) is 10.6. The van der Waals surface area contributed by atoms with Gasteiger partial charge in [0.25, 0.3) is 0 Å². The average molecular weight is 641 g/mol. The van der Waals surface area contributed by atoms with E-state index in [2.05, 4.69) is 74.8 Å². The molecular weight excluding hydrogens is 600 g/mol. The molecule has 0 radical (unpaired) electrons. The minimum atomic E-state index is -4.66. The molecule has 0 amide bonds. The molecule has 1 aliphatic heterocycles. The number of aromatic nitrogens is 4. The van der Waals surface area contributed by atoms with E-state index in [0.29, 0.717) is 41.1 Å². The maximum atomic E-state index is 16.4. The van der Waals surface area contributed by atoms with Crippen LogP contribution in [0.15, 0.2) is 73.1 Å². The fraction of sp³-hybridized carbons (Fsp3) is 0.359. The molecule has 0 saturated carbocycles. The van der Waals surface area contributed by atoms with Crippen LogP contribution in [0.25, 0.3) is 39.1 Å². The lowest BCUT2D eigenvalue weighted by Gasteiger charge is -2.36. The minimum absolute atomic E-state index is 0.310. The van der Waals surface area contributed by atoms with E-state index >= 15 is 4.39 Å². The Hall–Kier alpha value is -4.33. The summed E-state index contributed by atoms with van der Waals surface area (Å²) in [5.41, 5.74) is 4.25. The lowest BCUT2D eigenvalue weighted by Crippen LogP contribution is -2.56. The maximum absolute atomic E-state index is 16.4. The van der Waals surface area contributed by atoms with Crippen molar-refractivity contribution in [1.29, 1.82) is 0 Å². The fourth-order valence-electron chi connectivity index (χ4n) is 8.00. The SMILES string of the molecule is CCCCc1ccc2c3c4[n+](ccc13)C(CC)(CC)C=C(n1nc(C(F)(F)F)cc1-c1cccc[n+]1C)c1ccc(F)c(c1-4)C2(C)C. The van der Waals surface area contributed by atoms with Crippen LogP contribution >= 0.6 is 0 Å². The van der Waals surface area contributed by atoms with Crippen molar-refractivity contribution in [3.05, 3.63) is 107 Å². The first kappa shape index (κ1) is 31.3.